The molecule has 1 N–H and O–H groups in total. The SMILES string of the molecule is CC(C)(CC(=O)O)CN1CCc2ccc(B3OC(C)(C)C(C)(C)O3)cc2C1=O. The summed E-state index contributed by atoms with van der Waals surface area (Å²) in [4.78, 5) is 26.0. The van der Waals surface area contributed by atoms with Crippen LogP contribution < -0.4 is 5.46 Å². The Hall–Kier alpha value is -1.86. The Bertz CT molecular complexity index is 786. The average Bonchev–Trinajstić information content (AvgIpc) is 2.76. The van der Waals surface area contributed by atoms with E-state index in [0.29, 0.717) is 18.7 Å². The van der Waals surface area contributed by atoms with E-state index in [9.17, 15) is 9.59 Å². The van der Waals surface area contributed by atoms with Crippen LogP contribution in [0.1, 0.15) is 63.9 Å². The van der Waals surface area contributed by atoms with Crippen LogP contribution in [0.5, 0.6) is 0 Å². The van der Waals surface area contributed by atoms with Crippen molar-refractivity contribution >= 4 is 24.5 Å². The quantitative estimate of drug-likeness (QED) is 0.786. The molecule has 0 unspecified atom stereocenters. The van der Waals surface area contributed by atoms with Gasteiger partial charge in [0.05, 0.1) is 17.6 Å². The van der Waals surface area contributed by atoms with Gasteiger partial charge in [-0.25, -0.2) is 0 Å². The first kappa shape index (κ1) is 20.9. The van der Waals surface area contributed by atoms with Crippen molar-refractivity contribution in [2.45, 2.75) is 65.6 Å². The Morgan fingerprint density at radius 3 is 2.39 bits per heavy atom. The molecule has 0 aromatic heterocycles. The maximum Gasteiger partial charge on any atom is 0.494 e. The van der Waals surface area contributed by atoms with Crippen LogP contribution in [0.25, 0.3) is 0 Å². The molecule has 3 rings (SSSR count). The molecule has 1 aromatic rings. The highest BCUT2D eigenvalue weighted by Gasteiger charge is 2.51. The summed E-state index contributed by atoms with van der Waals surface area (Å²) in [6, 6.07) is 5.82. The largest absolute Gasteiger partial charge is 0.494 e. The lowest BCUT2D eigenvalue weighted by molar-refractivity contribution is -0.139. The number of aliphatic carboxylic acids is 1. The number of carboxylic acid groups (broad SMARTS) is 1. The van der Waals surface area contributed by atoms with Gasteiger partial charge in [0, 0.05) is 18.7 Å². The minimum absolute atomic E-state index is 0.0254. The third-order valence-electron chi connectivity index (χ3n) is 6.08. The highest BCUT2D eigenvalue weighted by atomic mass is 16.7. The number of amides is 1. The summed E-state index contributed by atoms with van der Waals surface area (Å²) in [5.41, 5.74) is 1.14. The Labute approximate surface area is 167 Å². The van der Waals surface area contributed by atoms with Crippen molar-refractivity contribution in [3.63, 3.8) is 0 Å². The minimum Gasteiger partial charge on any atom is -0.481 e. The smallest absolute Gasteiger partial charge is 0.481 e. The lowest BCUT2D eigenvalue weighted by Gasteiger charge is -2.35. The summed E-state index contributed by atoms with van der Waals surface area (Å²) >= 11 is 0. The maximum absolute atomic E-state index is 13.1. The highest BCUT2D eigenvalue weighted by molar-refractivity contribution is 6.62. The number of nitrogens with zero attached hydrogens (tertiary/aromatic N) is 1. The molecular formula is C21H30BNO5. The molecule has 0 saturated carbocycles. The van der Waals surface area contributed by atoms with Gasteiger partial charge in [0.25, 0.3) is 5.91 Å². The van der Waals surface area contributed by atoms with Gasteiger partial charge in [-0.05, 0) is 56.6 Å². The van der Waals surface area contributed by atoms with Crippen molar-refractivity contribution in [3.05, 3.63) is 29.3 Å². The topological polar surface area (TPSA) is 76.1 Å². The van der Waals surface area contributed by atoms with Gasteiger partial charge < -0.3 is 19.3 Å². The highest BCUT2D eigenvalue weighted by Crippen LogP contribution is 2.36. The third-order valence-corrected chi connectivity index (χ3v) is 6.08. The second-order valence-corrected chi connectivity index (χ2v) is 9.72. The molecule has 2 aliphatic heterocycles. The van der Waals surface area contributed by atoms with E-state index in [1.807, 2.05) is 59.7 Å². The molecule has 152 valence electrons. The fraction of sp³-hybridized carbons (Fsp3) is 0.619. The van der Waals surface area contributed by atoms with Crippen LogP contribution in [-0.2, 0) is 20.5 Å². The van der Waals surface area contributed by atoms with E-state index in [-0.39, 0.29) is 12.3 Å². The van der Waals surface area contributed by atoms with E-state index in [2.05, 4.69) is 0 Å². The lowest BCUT2D eigenvalue weighted by Crippen LogP contribution is -2.44. The Morgan fingerprint density at radius 2 is 1.82 bits per heavy atom. The van der Waals surface area contributed by atoms with Gasteiger partial charge in [-0.1, -0.05) is 26.0 Å². The van der Waals surface area contributed by atoms with E-state index in [1.165, 1.54) is 0 Å². The second-order valence-electron chi connectivity index (χ2n) is 9.72. The zero-order chi connectivity index (χ0) is 20.9. The van der Waals surface area contributed by atoms with Crippen molar-refractivity contribution in [2.75, 3.05) is 13.1 Å². The van der Waals surface area contributed by atoms with Crippen LogP contribution in [0.3, 0.4) is 0 Å². The molecule has 28 heavy (non-hydrogen) atoms. The normalized spacial score (nSPS) is 21.0. The van der Waals surface area contributed by atoms with Gasteiger partial charge in [-0.15, -0.1) is 0 Å². The number of fused-ring (bicyclic) bond motifs is 1. The summed E-state index contributed by atoms with van der Waals surface area (Å²) in [5, 5.41) is 9.11. The van der Waals surface area contributed by atoms with Crippen LogP contribution >= 0.6 is 0 Å². The summed E-state index contributed by atoms with van der Waals surface area (Å²) in [7, 11) is -0.512. The maximum atomic E-state index is 13.1. The molecule has 0 atom stereocenters. The van der Waals surface area contributed by atoms with E-state index >= 15 is 0 Å². The monoisotopic (exact) mass is 387 g/mol. The van der Waals surface area contributed by atoms with Crippen LogP contribution in [0.2, 0.25) is 0 Å². The first-order valence-corrected chi connectivity index (χ1v) is 9.81. The molecule has 1 fully saturated rings. The fourth-order valence-corrected chi connectivity index (χ4v) is 3.80. The molecule has 0 radical (unpaired) electrons. The number of hydrogen-bond acceptors (Lipinski definition) is 4. The summed E-state index contributed by atoms with van der Waals surface area (Å²) < 4.78 is 12.2. The first-order valence-electron chi connectivity index (χ1n) is 9.81. The second kappa shape index (κ2) is 6.88. The third kappa shape index (κ3) is 3.96. The fourth-order valence-electron chi connectivity index (χ4n) is 3.80. The van der Waals surface area contributed by atoms with Gasteiger partial charge >= 0.3 is 13.1 Å². The summed E-state index contributed by atoms with van der Waals surface area (Å²) in [5.74, 6) is -0.906. The van der Waals surface area contributed by atoms with Crippen molar-refractivity contribution < 1.29 is 24.0 Å². The number of carbonyl (C=O) groups excluding carboxylic acids is 1. The van der Waals surface area contributed by atoms with Gasteiger partial charge in [0.15, 0.2) is 0 Å². The van der Waals surface area contributed by atoms with Gasteiger partial charge in [0.2, 0.25) is 0 Å². The molecule has 2 aliphatic rings. The van der Waals surface area contributed by atoms with Crippen LogP contribution in [0, 0.1) is 5.41 Å². The Morgan fingerprint density at radius 1 is 1.21 bits per heavy atom. The summed E-state index contributed by atoms with van der Waals surface area (Å²) in [6.45, 7) is 12.8. The number of hydrogen-bond donors (Lipinski definition) is 1. The molecule has 7 heteroatoms. The number of carboxylic acids is 1. The van der Waals surface area contributed by atoms with E-state index in [4.69, 9.17) is 14.4 Å². The summed E-state index contributed by atoms with van der Waals surface area (Å²) in [6.07, 6.45) is 0.783. The van der Waals surface area contributed by atoms with Crippen molar-refractivity contribution in [3.8, 4) is 0 Å². The van der Waals surface area contributed by atoms with E-state index < -0.39 is 29.7 Å². The molecular weight excluding hydrogens is 357 g/mol. The molecule has 0 spiro atoms. The van der Waals surface area contributed by atoms with Crippen molar-refractivity contribution in [1.29, 1.82) is 0 Å². The predicted molar refractivity (Wildman–Crippen MR) is 108 cm³/mol. The molecule has 1 amide bonds. The van der Waals surface area contributed by atoms with Crippen LogP contribution in [-0.4, -0.2) is 53.3 Å². The van der Waals surface area contributed by atoms with Crippen LogP contribution in [0.15, 0.2) is 18.2 Å². The first-order chi connectivity index (χ1) is 12.8. The van der Waals surface area contributed by atoms with E-state index in [1.54, 1.807) is 4.90 Å². The van der Waals surface area contributed by atoms with Gasteiger partial charge in [-0.3, -0.25) is 9.59 Å². The lowest BCUT2D eigenvalue weighted by atomic mass is 9.77. The Balaban J connectivity index is 1.82. The van der Waals surface area contributed by atoms with E-state index in [0.717, 1.165) is 17.4 Å². The predicted octanol–water partition coefficient (Wildman–Crippen LogP) is 2.49. The number of benzene rings is 1. The van der Waals surface area contributed by atoms with Crippen molar-refractivity contribution in [1.82, 2.24) is 4.90 Å². The number of rotatable bonds is 5. The molecule has 2 heterocycles. The average molecular weight is 387 g/mol. The Kier molecular flexibility index (Phi) is 5.13. The molecule has 1 aromatic carbocycles. The zero-order valence-electron chi connectivity index (χ0n) is 17.7. The number of carbonyl (C=O) groups is 2. The van der Waals surface area contributed by atoms with Gasteiger partial charge in [-0.2, -0.15) is 0 Å². The minimum atomic E-state index is -0.849. The standard InChI is InChI=1S/C21H30BNO5/c1-19(2,12-17(24)25)13-23-10-9-14-7-8-15(11-16(14)18(23)26)22-27-20(3,4)21(5,6)28-22/h7-8,11H,9-10,12-13H2,1-6H3,(H,24,25). The molecule has 6 nitrogen and oxygen atoms in total. The molecule has 0 bridgehead atoms. The van der Waals surface area contributed by atoms with Crippen molar-refractivity contribution in [2.24, 2.45) is 5.41 Å². The molecule has 0 aliphatic carbocycles. The van der Waals surface area contributed by atoms with Gasteiger partial charge in [0.1, 0.15) is 0 Å². The molecule has 1 saturated heterocycles. The zero-order valence-corrected chi connectivity index (χ0v) is 17.7. The van der Waals surface area contributed by atoms with Crippen LogP contribution in [0.4, 0.5) is 0 Å².